The van der Waals surface area contributed by atoms with Crippen LogP contribution in [0.1, 0.15) is 5.56 Å². The molecule has 0 aliphatic rings. The van der Waals surface area contributed by atoms with Gasteiger partial charge in [-0.15, -0.1) is 0 Å². The molecule has 0 fully saturated rings. The van der Waals surface area contributed by atoms with Crippen molar-refractivity contribution in [1.82, 2.24) is 10.2 Å². The molecule has 0 spiro atoms. The minimum absolute atomic E-state index is 0.0775. The number of halogens is 1. The van der Waals surface area contributed by atoms with Gasteiger partial charge in [0.25, 0.3) is 10.0 Å². The molecule has 120 valence electrons. The summed E-state index contributed by atoms with van der Waals surface area (Å²) in [6.07, 6.45) is 1.62. The number of aromatic nitrogens is 2. The summed E-state index contributed by atoms with van der Waals surface area (Å²) in [5.41, 5.74) is 2.04. The van der Waals surface area contributed by atoms with Crippen LogP contribution in [0.25, 0.3) is 11.3 Å². The van der Waals surface area contributed by atoms with E-state index in [0.29, 0.717) is 10.2 Å². The normalized spacial score (nSPS) is 11.0. The molecule has 0 aliphatic carbocycles. The second-order valence-electron chi connectivity index (χ2n) is 4.91. The monoisotopic (exact) mass is 402 g/mol. The van der Waals surface area contributed by atoms with Gasteiger partial charge in [-0.25, -0.2) is 8.42 Å². The third-order valence-electron chi connectivity index (χ3n) is 3.28. The van der Waals surface area contributed by atoms with Crippen LogP contribution >= 0.6 is 15.9 Å². The van der Waals surface area contributed by atoms with E-state index >= 15 is 0 Å². The zero-order chi connectivity index (χ0) is 17.2. The lowest BCUT2D eigenvalue weighted by Crippen LogP contribution is -2.14. The van der Waals surface area contributed by atoms with Crippen LogP contribution in [0, 0.1) is 11.3 Å². The zero-order valence-electron chi connectivity index (χ0n) is 12.2. The third-order valence-corrected chi connectivity index (χ3v) is 5.19. The number of nitriles is 1. The summed E-state index contributed by atoms with van der Waals surface area (Å²) >= 11 is 3.23. The van der Waals surface area contributed by atoms with E-state index in [0.717, 1.165) is 11.3 Å². The van der Waals surface area contributed by atoms with Gasteiger partial charge in [0.15, 0.2) is 0 Å². The Hall–Kier alpha value is -2.63. The van der Waals surface area contributed by atoms with Gasteiger partial charge >= 0.3 is 0 Å². The smallest absolute Gasteiger partial charge is 0.263 e. The van der Waals surface area contributed by atoms with E-state index in [1.807, 2.05) is 12.1 Å². The lowest BCUT2D eigenvalue weighted by Gasteiger charge is -2.10. The van der Waals surface area contributed by atoms with Gasteiger partial charge in [0.1, 0.15) is 11.0 Å². The van der Waals surface area contributed by atoms with Gasteiger partial charge in [0.05, 0.1) is 11.3 Å². The van der Waals surface area contributed by atoms with E-state index in [9.17, 15) is 8.42 Å². The average molecular weight is 403 g/mol. The van der Waals surface area contributed by atoms with Crippen molar-refractivity contribution >= 4 is 31.6 Å². The minimum atomic E-state index is -3.89. The Balaban J connectivity index is 1.98. The van der Waals surface area contributed by atoms with Crippen molar-refractivity contribution in [2.45, 2.75) is 4.90 Å². The zero-order valence-corrected chi connectivity index (χ0v) is 14.6. The SMILES string of the molecule is N#Cc1ccc(Br)cc1S(=O)(=O)Nc1cccc(-c2ccn[nH]2)c1. The predicted octanol–water partition coefficient (Wildman–Crippen LogP) is 3.51. The van der Waals surface area contributed by atoms with Crippen molar-refractivity contribution in [2.75, 3.05) is 4.72 Å². The van der Waals surface area contributed by atoms with Crippen molar-refractivity contribution in [3.05, 3.63) is 64.8 Å². The first-order valence-electron chi connectivity index (χ1n) is 6.82. The number of anilines is 1. The first kappa shape index (κ1) is 16.2. The molecular formula is C16H11BrN4O2S. The van der Waals surface area contributed by atoms with E-state index in [4.69, 9.17) is 5.26 Å². The van der Waals surface area contributed by atoms with Crippen LogP contribution in [-0.2, 0) is 10.0 Å². The van der Waals surface area contributed by atoms with E-state index in [2.05, 4.69) is 30.8 Å². The fraction of sp³-hybridized carbons (Fsp3) is 0. The van der Waals surface area contributed by atoms with Gasteiger partial charge in [-0.05, 0) is 36.4 Å². The van der Waals surface area contributed by atoms with Crippen LogP contribution in [0.3, 0.4) is 0 Å². The summed E-state index contributed by atoms with van der Waals surface area (Å²) in [5, 5.41) is 15.8. The van der Waals surface area contributed by atoms with Crippen molar-refractivity contribution < 1.29 is 8.42 Å². The van der Waals surface area contributed by atoms with Gasteiger partial charge in [-0.2, -0.15) is 10.4 Å². The minimum Gasteiger partial charge on any atom is -0.280 e. The average Bonchev–Trinajstić information content (AvgIpc) is 3.09. The molecular weight excluding hydrogens is 392 g/mol. The number of aromatic amines is 1. The van der Waals surface area contributed by atoms with Gasteiger partial charge in [0, 0.05) is 21.9 Å². The molecule has 2 N–H and O–H groups in total. The fourth-order valence-electron chi connectivity index (χ4n) is 2.19. The molecule has 6 nitrogen and oxygen atoms in total. The third kappa shape index (κ3) is 3.32. The Labute approximate surface area is 147 Å². The number of hydrogen-bond donors (Lipinski definition) is 2. The van der Waals surface area contributed by atoms with Crippen LogP contribution in [0.5, 0.6) is 0 Å². The molecule has 0 saturated heterocycles. The molecule has 24 heavy (non-hydrogen) atoms. The second kappa shape index (κ2) is 6.47. The molecule has 2 aromatic carbocycles. The summed E-state index contributed by atoms with van der Waals surface area (Å²) in [7, 11) is -3.89. The fourth-order valence-corrected chi connectivity index (χ4v) is 3.93. The molecule has 3 aromatic rings. The van der Waals surface area contributed by atoms with Gasteiger partial charge < -0.3 is 0 Å². The molecule has 1 aromatic heterocycles. The first-order valence-corrected chi connectivity index (χ1v) is 9.09. The van der Waals surface area contributed by atoms with Crippen LogP contribution in [0.2, 0.25) is 0 Å². The molecule has 0 radical (unpaired) electrons. The summed E-state index contributed by atoms with van der Waals surface area (Å²) < 4.78 is 28.3. The predicted molar refractivity (Wildman–Crippen MR) is 93.7 cm³/mol. The second-order valence-corrected chi connectivity index (χ2v) is 7.48. The Morgan fingerprint density at radius 2 is 2.00 bits per heavy atom. The Bertz CT molecular complexity index is 1020. The van der Waals surface area contributed by atoms with Gasteiger partial charge in [-0.1, -0.05) is 28.1 Å². The van der Waals surface area contributed by atoms with Gasteiger partial charge in [0.2, 0.25) is 0 Å². The quantitative estimate of drug-likeness (QED) is 0.697. The first-order chi connectivity index (χ1) is 11.5. The van der Waals surface area contributed by atoms with Crippen LogP contribution in [0.4, 0.5) is 5.69 Å². The van der Waals surface area contributed by atoms with Crippen molar-refractivity contribution in [2.24, 2.45) is 0 Å². The largest absolute Gasteiger partial charge is 0.280 e. The van der Waals surface area contributed by atoms with Crippen LogP contribution < -0.4 is 4.72 Å². The van der Waals surface area contributed by atoms with Gasteiger partial charge in [-0.3, -0.25) is 9.82 Å². The van der Waals surface area contributed by atoms with Crippen LogP contribution in [-0.4, -0.2) is 18.6 Å². The van der Waals surface area contributed by atoms with Crippen molar-refractivity contribution in [3.63, 3.8) is 0 Å². The molecule has 8 heteroatoms. The number of H-pyrrole nitrogens is 1. The molecule has 0 aliphatic heterocycles. The van der Waals surface area contributed by atoms with Crippen molar-refractivity contribution in [1.29, 1.82) is 5.26 Å². The maximum atomic E-state index is 12.6. The number of sulfonamides is 1. The topological polar surface area (TPSA) is 98.6 Å². The maximum Gasteiger partial charge on any atom is 0.263 e. The van der Waals surface area contributed by atoms with E-state index in [-0.39, 0.29) is 10.5 Å². The summed E-state index contributed by atoms with van der Waals surface area (Å²) in [5.74, 6) is 0. The standard InChI is InChI=1S/C16H11BrN4O2S/c17-13-5-4-12(10-18)16(9-13)24(22,23)21-14-3-1-2-11(8-14)15-6-7-19-20-15/h1-9,21H,(H,19,20). The molecule has 1 heterocycles. The number of rotatable bonds is 4. The Morgan fingerprint density at radius 3 is 2.71 bits per heavy atom. The van der Waals surface area contributed by atoms with E-state index in [1.54, 1.807) is 36.5 Å². The molecule has 0 saturated carbocycles. The summed E-state index contributed by atoms with van der Waals surface area (Å²) in [4.78, 5) is -0.0775. The number of benzene rings is 2. The number of nitrogens with zero attached hydrogens (tertiary/aromatic N) is 2. The number of nitrogens with one attached hydrogen (secondary N) is 2. The molecule has 0 amide bonds. The number of hydrogen-bond acceptors (Lipinski definition) is 4. The molecule has 0 atom stereocenters. The lowest BCUT2D eigenvalue weighted by atomic mass is 10.1. The van der Waals surface area contributed by atoms with E-state index < -0.39 is 10.0 Å². The maximum absolute atomic E-state index is 12.6. The highest BCUT2D eigenvalue weighted by molar-refractivity contribution is 9.10. The molecule has 0 unspecified atom stereocenters. The summed E-state index contributed by atoms with van der Waals surface area (Å²) in [6, 6.07) is 15.1. The molecule has 3 rings (SSSR count). The summed E-state index contributed by atoms with van der Waals surface area (Å²) in [6.45, 7) is 0. The highest BCUT2D eigenvalue weighted by Crippen LogP contribution is 2.25. The van der Waals surface area contributed by atoms with Crippen molar-refractivity contribution in [3.8, 4) is 17.3 Å². The Morgan fingerprint density at radius 1 is 1.17 bits per heavy atom. The highest BCUT2D eigenvalue weighted by Gasteiger charge is 2.19. The highest BCUT2D eigenvalue weighted by atomic mass is 79.9. The van der Waals surface area contributed by atoms with Crippen LogP contribution in [0.15, 0.2) is 64.1 Å². The lowest BCUT2D eigenvalue weighted by molar-refractivity contribution is 0.601. The molecule has 0 bridgehead atoms. The van der Waals surface area contributed by atoms with E-state index in [1.165, 1.54) is 12.1 Å². The Kier molecular flexibility index (Phi) is 4.38.